The Bertz CT molecular complexity index is 1520. The van der Waals surface area contributed by atoms with Crippen LogP contribution >= 0.6 is 0 Å². The molecule has 0 radical (unpaired) electrons. The minimum absolute atomic E-state index is 1.04. The maximum atomic E-state index is 4.76. The maximum Gasteiger partial charge on any atom is 0.0786 e. The quantitative estimate of drug-likeness (QED) is 0.294. The molecule has 140 valence electrons. The van der Waals surface area contributed by atoms with Crippen LogP contribution in [0.15, 0.2) is 110 Å². The van der Waals surface area contributed by atoms with Crippen molar-refractivity contribution in [3.8, 4) is 22.3 Å². The summed E-state index contributed by atoms with van der Waals surface area (Å²) in [5.41, 5.74) is 5.65. The average Bonchev–Trinajstić information content (AvgIpc) is 2.84. The molecule has 0 atom stereocenters. The molecule has 0 bridgehead atoms. The van der Waals surface area contributed by atoms with Gasteiger partial charge < -0.3 is 0 Å². The van der Waals surface area contributed by atoms with Crippen LogP contribution in [0.2, 0.25) is 0 Å². The van der Waals surface area contributed by atoms with Crippen LogP contribution in [0.3, 0.4) is 0 Å². The van der Waals surface area contributed by atoms with Crippen LogP contribution in [0.5, 0.6) is 0 Å². The number of hydrogen-bond donors (Lipinski definition) is 0. The van der Waals surface area contributed by atoms with Crippen molar-refractivity contribution in [1.82, 2.24) is 9.97 Å². The van der Waals surface area contributed by atoms with Gasteiger partial charge in [-0.15, -0.1) is 0 Å². The minimum atomic E-state index is 1.04. The predicted octanol–water partition coefficient (Wildman–Crippen LogP) is 7.27. The Kier molecular flexibility index (Phi) is 3.82. The van der Waals surface area contributed by atoms with E-state index in [1.807, 2.05) is 24.5 Å². The standard InChI is InChI=1S/C28H18N2/c1-2-7-23-20(5-1)13-14-24-25-8-4-16-30-28(25)26(17-27(23)24)21-11-9-19(10-12-21)22-6-3-15-29-18-22/h1-18H. The van der Waals surface area contributed by atoms with Gasteiger partial charge in [-0.1, -0.05) is 72.8 Å². The van der Waals surface area contributed by atoms with Gasteiger partial charge in [0.05, 0.1) is 5.52 Å². The first kappa shape index (κ1) is 16.9. The Balaban J connectivity index is 1.62. The summed E-state index contributed by atoms with van der Waals surface area (Å²) in [6.07, 6.45) is 5.58. The molecule has 0 aliphatic carbocycles. The zero-order valence-corrected chi connectivity index (χ0v) is 16.3. The Morgan fingerprint density at radius 3 is 2.17 bits per heavy atom. The molecule has 0 saturated carbocycles. The van der Waals surface area contributed by atoms with Crippen LogP contribution in [0.25, 0.3) is 54.7 Å². The molecule has 0 amide bonds. The molecule has 0 aliphatic heterocycles. The summed E-state index contributed by atoms with van der Waals surface area (Å²) < 4.78 is 0. The van der Waals surface area contributed by atoms with Crippen molar-refractivity contribution in [2.75, 3.05) is 0 Å². The molecule has 0 spiro atoms. The topological polar surface area (TPSA) is 25.8 Å². The highest BCUT2D eigenvalue weighted by Gasteiger charge is 2.12. The molecular weight excluding hydrogens is 364 g/mol. The number of fused-ring (bicyclic) bond motifs is 5. The van der Waals surface area contributed by atoms with E-state index in [1.165, 1.54) is 32.5 Å². The molecule has 2 heteroatoms. The lowest BCUT2D eigenvalue weighted by molar-refractivity contribution is 1.33. The maximum absolute atomic E-state index is 4.76. The molecule has 6 rings (SSSR count). The van der Waals surface area contributed by atoms with Gasteiger partial charge in [0.15, 0.2) is 0 Å². The first-order valence-corrected chi connectivity index (χ1v) is 10.1. The SMILES string of the molecule is c1cncc(-c2ccc(-c3cc4c5ccccc5ccc4c4cccnc34)cc2)c1. The van der Waals surface area contributed by atoms with E-state index in [1.54, 1.807) is 6.20 Å². The summed E-state index contributed by atoms with van der Waals surface area (Å²) in [7, 11) is 0. The fraction of sp³-hybridized carbons (Fsp3) is 0. The van der Waals surface area contributed by atoms with Gasteiger partial charge in [-0.3, -0.25) is 9.97 Å². The van der Waals surface area contributed by atoms with Gasteiger partial charge in [-0.25, -0.2) is 0 Å². The van der Waals surface area contributed by atoms with Gasteiger partial charge in [-0.2, -0.15) is 0 Å². The fourth-order valence-corrected chi connectivity index (χ4v) is 4.33. The monoisotopic (exact) mass is 382 g/mol. The lowest BCUT2D eigenvalue weighted by Gasteiger charge is -2.12. The van der Waals surface area contributed by atoms with E-state index >= 15 is 0 Å². The average molecular weight is 382 g/mol. The molecular formula is C28H18N2. The van der Waals surface area contributed by atoms with Crippen molar-refractivity contribution < 1.29 is 0 Å². The third-order valence-corrected chi connectivity index (χ3v) is 5.80. The van der Waals surface area contributed by atoms with E-state index < -0.39 is 0 Å². The highest BCUT2D eigenvalue weighted by atomic mass is 14.7. The Hall–Kier alpha value is -4.04. The summed E-state index contributed by atoms with van der Waals surface area (Å²) >= 11 is 0. The summed E-state index contributed by atoms with van der Waals surface area (Å²) in [6.45, 7) is 0. The molecule has 4 aromatic carbocycles. The highest BCUT2D eigenvalue weighted by Crippen LogP contribution is 2.37. The number of pyridine rings is 2. The van der Waals surface area contributed by atoms with Crippen molar-refractivity contribution in [3.05, 3.63) is 110 Å². The number of nitrogens with zero attached hydrogens (tertiary/aromatic N) is 2. The minimum Gasteiger partial charge on any atom is -0.264 e. The molecule has 2 heterocycles. The van der Waals surface area contributed by atoms with E-state index in [-0.39, 0.29) is 0 Å². The van der Waals surface area contributed by atoms with Crippen LogP contribution in [0.1, 0.15) is 0 Å². The van der Waals surface area contributed by atoms with Crippen LogP contribution in [-0.2, 0) is 0 Å². The first-order valence-electron chi connectivity index (χ1n) is 10.1. The third kappa shape index (κ3) is 2.66. The van der Waals surface area contributed by atoms with Crippen LogP contribution in [0, 0.1) is 0 Å². The second kappa shape index (κ2) is 6.78. The van der Waals surface area contributed by atoms with Crippen molar-refractivity contribution in [3.63, 3.8) is 0 Å². The molecule has 0 aliphatic rings. The highest BCUT2D eigenvalue weighted by molar-refractivity contribution is 6.20. The van der Waals surface area contributed by atoms with Gasteiger partial charge in [-0.05, 0) is 56.4 Å². The van der Waals surface area contributed by atoms with Crippen molar-refractivity contribution >= 4 is 32.4 Å². The Morgan fingerprint density at radius 1 is 0.500 bits per heavy atom. The summed E-state index contributed by atoms with van der Waals surface area (Å²) in [4.78, 5) is 8.99. The van der Waals surface area contributed by atoms with Crippen molar-refractivity contribution in [2.24, 2.45) is 0 Å². The smallest absolute Gasteiger partial charge is 0.0786 e. The second-order valence-corrected chi connectivity index (χ2v) is 7.52. The van der Waals surface area contributed by atoms with Crippen molar-refractivity contribution in [2.45, 2.75) is 0 Å². The number of rotatable bonds is 2. The van der Waals surface area contributed by atoms with E-state index in [0.29, 0.717) is 0 Å². The molecule has 0 unspecified atom stereocenters. The summed E-state index contributed by atoms with van der Waals surface area (Å²) in [5.74, 6) is 0. The van der Waals surface area contributed by atoms with Gasteiger partial charge in [0, 0.05) is 29.5 Å². The molecule has 30 heavy (non-hydrogen) atoms. The predicted molar refractivity (Wildman–Crippen MR) is 125 cm³/mol. The zero-order chi connectivity index (χ0) is 19.9. The molecule has 2 nitrogen and oxygen atoms in total. The van der Waals surface area contributed by atoms with Crippen LogP contribution in [0.4, 0.5) is 0 Å². The zero-order valence-electron chi connectivity index (χ0n) is 16.3. The molecule has 0 saturated heterocycles. The fourth-order valence-electron chi connectivity index (χ4n) is 4.33. The lowest BCUT2D eigenvalue weighted by Crippen LogP contribution is -1.88. The van der Waals surface area contributed by atoms with E-state index in [2.05, 4.69) is 83.8 Å². The number of benzene rings is 4. The normalized spacial score (nSPS) is 11.3. The first-order chi connectivity index (χ1) is 14.9. The molecule has 0 N–H and O–H groups in total. The summed E-state index contributed by atoms with van der Waals surface area (Å²) in [6, 6.07) is 32.2. The van der Waals surface area contributed by atoms with Crippen LogP contribution in [-0.4, -0.2) is 9.97 Å². The van der Waals surface area contributed by atoms with Gasteiger partial charge >= 0.3 is 0 Å². The van der Waals surface area contributed by atoms with Crippen molar-refractivity contribution in [1.29, 1.82) is 0 Å². The number of hydrogen-bond acceptors (Lipinski definition) is 2. The molecule has 0 fully saturated rings. The van der Waals surface area contributed by atoms with Gasteiger partial charge in [0.2, 0.25) is 0 Å². The second-order valence-electron chi connectivity index (χ2n) is 7.52. The Morgan fingerprint density at radius 2 is 1.30 bits per heavy atom. The molecule has 6 aromatic rings. The summed E-state index contributed by atoms with van der Waals surface area (Å²) in [5, 5.41) is 6.22. The Labute approximate surface area is 174 Å². The van der Waals surface area contributed by atoms with Gasteiger partial charge in [0.1, 0.15) is 0 Å². The third-order valence-electron chi connectivity index (χ3n) is 5.80. The number of aromatic nitrogens is 2. The van der Waals surface area contributed by atoms with Gasteiger partial charge in [0.25, 0.3) is 0 Å². The van der Waals surface area contributed by atoms with Crippen LogP contribution < -0.4 is 0 Å². The van der Waals surface area contributed by atoms with E-state index in [9.17, 15) is 0 Å². The largest absolute Gasteiger partial charge is 0.264 e. The van der Waals surface area contributed by atoms with E-state index in [0.717, 1.165) is 22.2 Å². The molecule has 2 aromatic heterocycles. The lowest BCUT2D eigenvalue weighted by atomic mass is 9.92. The van der Waals surface area contributed by atoms with E-state index in [4.69, 9.17) is 4.98 Å².